The molecule has 0 aliphatic carbocycles. The minimum atomic E-state index is 0.296. The minimum absolute atomic E-state index is 0.296. The van der Waals surface area contributed by atoms with Gasteiger partial charge in [-0.15, -0.1) is 0 Å². The summed E-state index contributed by atoms with van der Waals surface area (Å²) in [5, 5.41) is 0. The van der Waals surface area contributed by atoms with Gasteiger partial charge in [-0.25, -0.2) is 0 Å². The van der Waals surface area contributed by atoms with Crippen molar-refractivity contribution < 1.29 is 4.79 Å². The molecule has 0 atom stereocenters. The van der Waals surface area contributed by atoms with E-state index in [-0.39, 0.29) is 0 Å². The van der Waals surface area contributed by atoms with Crippen LogP contribution in [0, 0.1) is 5.41 Å². The highest BCUT2D eigenvalue weighted by molar-refractivity contribution is 5.75. The van der Waals surface area contributed by atoms with Crippen LogP contribution in [0.2, 0.25) is 0 Å². The Kier molecular flexibility index (Phi) is 5.23. The van der Waals surface area contributed by atoms with Gasteiger partial charge in [0.15, 0.2) is 0 Å². The molecule has 2 nitrogen and oxygen atoms in total. The molecule has 0 aromatic heterocycles. The summed E-state index contributed by atoms with van der Waals surface area (Å²) in [6.07, 6.45) is 1.70. The van der Waals surface area contributed by atoms with Crippen LogP contribution in [0.4, 0.5) is 0 Å². The van der Waals surface area contributed by atoms with Crippen LogP contribution in [0.1, 0.15) is 40.5 Å². The van der Waals surface area contributed by atoms with E-state index in [0.717, 1.165) is 19.5 Å². The largest absolute Gasteiger partial charge is 0.306 e. The lowest BCUT2D eigenvalue weighted by atomic mass is 9.96. The maximum Gasteiger partial charge on any atom is 0.129 e. The van der Waals surface area contributed by atoms with Gasteiger partial charge in [0.05, 0.1) is 0 Å². The number of Topliss-reactive ketones (excluding diaryl/α,β-unsaturated/α-hetero) is 1. The molecular weight excluding hydrogens is 162 g/mol. The molecule has 13 heavy (non-hydrogen) atoms. The fourth-order valence-corrected chi connectivity index (χ4v) is 1.49. The van der Waals surface area contributed by atoms with Crippen LogP contribution in [0.5, 0.6) is 0 Å². The molecule has 0 aliphatic heterocycles. The fourth-order valence-electron chi connectivity index (χ4n) is 1.49. The van der Waals surface area contributed by atoms with Gasteiger partial charge in [-0.1, -0.05) is 20.8 Å². The Morgan fingerprint density at radius 2 is 1.85 bits per heavy atom. The highest BCUT2D eigenvalue weighted by Crippen LogP contribution is 2.14. The van der Waals surface area contributed by atoms with Crippen molar-refractivity contribution in [1.29, 1.82) is 0 Å². The summed E-state index contributed by atoms with van der Waals surface area (Å²) >= 11 is 0. The Bertz CT molecular complexity index is 158. The average Bonchev–Trinajstić information content (AvgIpc) is 1.81. The van der Waals surface area contributed by atoms with Crippen molar-refractivity contribution in [1.82, 2.24) is 4.90 Å². The molecule has 0 rings (SSSR count). The zero-order chi connectivity index (χ0) is 10.5. The lowest BCUT2D eigenvalue weighted by molar-refractivity contribution is -0.117. The summed E-state index contributed by atoms with van der Waals surface area (Å²) in [7, 11) is 2.12. The van der Waals surface area contributed by atoms with Gasteiger partial charge in [-0.3, -0.25) is 0 Å². The number of hydrogen-bond donors (Lipinski definition) is 0. The summed E-state index contributed by atoms with van der Waals surface area (Å²) in [5.41, 5.74) is 0.352. The standard InChI is InChI=1S/C11H23NO/c1-10(13)7-6-8-12(5)9-11(2,3)4/h6-9H2,1-5H3. The first-order chi connectivity index (χ1) is 5.81. The van der Waals surface area contributed by atoms with Crippen LogP contribution < -0.4 is 0 Å². The fraction of sp³-hybridized carbons (Fsp3) is 0.909. The summed E-state index contributed by atoms with van der Waals surface area (Å²) in [4.78, 5) is 13.0. The first-order valence-electron chi connectivity index (χ1n) is 4.99. The van der Waals surface area contributed by atoms with Gasteiger partial charge in [0.2, 0.25) is 0 Å². The monoisotopic (exact) mass is 185 g/mol. The second-order valence-corrected chi connectivity index (χ2v) is 5.10. The van der Waals surface area contributed by atoms with Crippen molar-refractivity contribution in [3.63, 3.8) is 0 Å². The van der Waals surface area contributed by atoms with Crippen LogP contribution in [-0.2, 0) is 4.79 Å². The van der Waals surface area contributed by atoms with Gasteiger partial charge >= 0.3 is 0 Å². The molecule has 78 valence electrons. The first kappa shape index (κ1) is 12.6. The van der Waals surface area contributed by atoms with Crippen LogP contribution in [-0.4, -0.2) is 30.8 Å². The van der Waals surface area contributed by atoms with Gasteiger partial charge < -0.3 is 9.69 Å². The summed E-state index contributed by atoms with van der Waals surface area (Å²) in [5.74, 6) is 0.296. The van der Waals surface area contributed by atoms with Crippen molar-refractivity contribution in [2.45, 2.75) is 40.5 Å². The van der Waals surface area contributed by atoms with Crippen LogP contribution in [0.3, 0.4) is 0 Å². The molecule has 0 bridgehead atoms. The first-order valence-corrected chi connectivity index (χ1v) is 4.99. The second-order valence-electron chi connectivity index (χ2n) is 5.10. The van der Waals surface area contributed by atoms with Crippen molar-refractivity contribution in [2.75, 3.05) is 20.1 Å². The smallest absolute Gasteiger partial charge is 0.129 e. The Morgan fingerprint density at radius 1 is 1.31 bits per heavy atom. The predicted molar refractivity (Wildman–Crippen MR) is 56.9 cm³/mol. The third-order valence-corrected chi connectivity index (χ3v) is 1.81. The van der Waals surface area contributed by atoms with Crippen LogP contribution in [0.25, 0.3) is 0 Å². The van der Waals surface area contributed by atoms with Gasteiger partial charge in [-0.05, 0) is 32.4 Å². The molecule has 0 aliphatic rings. The van der Waals surface area contributed by atoms with Gasteiger partial charge in [0, 0.05) is 13.0 Å². The van der Waals surface area contributed by atoms with Gasteiger partial charge in [0.25, 0.3) is 0 Å². The Hall–Kier alpha value is -0.370. The van der Waals surface area contributed by atoms with Crippen molar-refractivity contribution in [2.24, 2.45) is 5.41 Å². The number of hydrogen-bond acceptors (Lipinski definition) is 2. The molecule has 0 aromatic rings. The zero-order valence-corrected chi connectivity index (χ0v) is 9.68. The quantitative estimate of drug-likeness (QED) is 0.655. The molecule has 0 saturated heterocycles. The van der Waals surface area contributed by atoms with E-state index in [1.165, 1.54) is 0 Å². The van der Waals surface area contributed by atoms with Crippen molar-refractivity contribution in [3.05, 3.63) is 0 Å². The minimum Gasteiger partial charge on any atom is -0.306 e. The summed E-state index contributed by atoms with van der Waals surface area (Å²) in [6, 6.07) is 0. The number of rotatable bonds is 5. The summed E-state index contributed by atoms with van der Waals surface area (Å²) < 4.78 is 0. The summed E-state index contributed by atoms with van der Waals surface area (Å²) in [6.45, 7) is 10.5. The van der Waals surface area contributed by atoms with E-state index in [1.54, 1.807) is 6.92 Å². The lowest BCUT2D eigenvalue weighted by Gasteiger charge is -2.26. The van der Waals surface area contributed by atoms with E-state index in [0.29, 0.717) is 17.6 Å². The van der Waals surface area contributed by atoms with Gasteiger partial charge in [-0.2, -0.15) is 0 Å². The highest BCUT2D eigenvalue weighted by atomic mass is 16.1. The Morgan fingerprint density at radius 3 is 2.23 bits per heavy atom. The zero-order valence-electron chi connectivity index (χ0n) is 9.68. The number of carbonyl (C=O) groups is 1. The molecule has 0 fully saturated rings. The molecule has 0 saturated carbocycles. The lowest BCUT2D eigenvalue weighted by Crippen LogP contribution is -2.30. The third kappa shape index (κ3) is 9.54. The highest BCUT2D eigenvalue weighted by Gasteiger charge is 2.12. The van der Waals surface area contributed by atoms with Crippen LogP contribution >= 0.6 is 0 Å². The van der Waals surface area contributed by atoms with E-state index in [4.69, 9.17) is 0 Å². The van der Waals surface area contributed by atoms with Crippen LogP contribution in [0.15, 0.2) is 0 Å². The second kappa shape index (κ2) is 5.38. The van der Waals surface area contributed by atoms with E-state index in [9.17, 15) is 4.79 Å². The maximum absolute atomic E-state index is 10.7. The normalized spacial score (nSPS) is 12.2. The molecule has 0 N–H and O–H groups in total. The molecule has 0 amide bonds. The molecular formula is C11H23NO. The van der Waals surface area contributed by atoms with E-state index < -0.39 is 0 Å². The average molecular weight is 185 g/mol. The predicted octanol–water partition coefficient (Wildman–Crippen LogP) is 2.33. The van der Waals surface area contributed by atoms with Crippen molar-refractivity contribution >= 4 is 5.78 Å². The van der Waals surface area contributed by atoms with E-state index >= 15 is 0 Å². The Balaban J connectivity index is 3.52. The van der Waals surface area contributed by atoms with E-state index in [1.807, 2.05) is 0 Å². The third-order valence-electron chi connectivity index (χ3n) is 1.81. The van der Waals surface area contributed by atoms with Gasteiger partial charge in [0.1, 0.15) is 5.78 Å². The molecule has 0 unspecified atom stereocenters. The van der Waals surface area contributed by atoms with Crippen molar-refractivity contribution in [3.8, 4) is 0 Å². The molecule has 0 heterocycles. The number of ketones is 1. The molecule has 0 spiro atoms. The SMILES string of the molecule is CC(=O)CCCN(C)CC(C)(C)C. The number of carbonyl (C=O) groups excluding carboxylic acids is 1. The van der Waals surface area contributed by atoms with E-state index in [2.05, 4.69) is 32.7 Å². The number of nitrogens with zero attached hydrogens (tertiary/aromatic N) is 1. The Labute approximate surface area is 82.3 Å². The molecule has 0 aromatic carbocycles. The molecule has 2 heteroatoms. The maximum atomic E-state index is 10.7. The topological polar surface area (TPSA) is 20.3 Å². The molecule has 0 radical (unpaired) electrons.